The Morgan fingerprint density at radius 1 is 1.10 bits per heavy atom. The second-order valence-electron chi connectivity index (χ2n) is 6.35. The lowest BCUT2D eigenvalue weighted by molar-refractivity contribution is 0.210. The van der Waals surface area contributed by atoms with E-state index in [1.165, 1.54) is 25.7 Å². The summed E-state index contributed by atoms with van der Waals surface area (Å²) in [5.74, 6) is 0.343. The molecule has 1 saturated carbocycles. The van der Waals surface area contributed by atoms with E-state index in [1.807, 2.05) is 18.2 Å². The van der Waals surface area contributed by atoms with Crippen LogP contribution in [0.25, 0.3) is 0 Å². The van der Waals surface area contributed by atoms with Crippen molar-refractivity contribution in [1.29, 1.82) is 0 Å². The fourth-order valence-electron chi connectivity index (χ4n) is 4.08. The van der Waals surface area contributed by atoms with E-state index < -0.39 is 9.84 Å². The Labute approximate surface area is 121 Å². The molecule has 0 spiro atoms. The van der Waals surface area contributed by atoms with E-state index in [1.54, 1.807) is 6.07 Å². The molecule has 1 aromatic rings. The fourth-order valence-corrected chi connectivity index (χ4v) is 6.09. The largest absolute Gasteiger partial charge is 0.330 e. The van der Waals surface area contributed by atoms with E-state index in [4.69, 9.17) is 5.73 Å². The summed E-state index contributed by atoms with van der Waals surface area (Å²) in [5, 5.41) is 0. The first kappa shape index (κ1) is 14.1. The van der Waals surface area contributed by atoms with Crippen LogP contribution in [0.2, 0.25) is 0 Å². The number of hydrogen-bond donors (Lipinski definition) is 1. The Morgan fingerprint density at radius 3 is 2.40 bits per heavy atom. The Hall–Kier alpha value is -0.870. The van der Waals surface area contributed by atoms with Crippen molar-refractivity contribution in [2.75, 3.05) is 12.3 Å². The molecule has 0 amide bonds. The average Bonchev–Trinajstić information content (AvgIpc) is 2.63. The first-order valence-corrected chi connectivity index (χ1v) is 9.26. The number of nitrogens with two attached hydrogens (primary N) is 1. The maximum Gasteiger partial charge on any atom is 0.179 e. The van der Waals surface area contributed by atoms with E-state index in [-0.39, 0.29) is 17.1 Å². The lowest BCUT2D eigenvalue weighted by Gasteiger charge is -2.37. The van der Waals surface area contributed by atoms with E-state index >= 15 is 0 Å². The van der Waals surface area contributed by atoms with Crippen LogP contribution >= 0.6 is 0 Å². The van der Waals surface area contributed by atoms with E-state index in [0.717, 1.165) is 18.4 Å². The van der Waals surface area contributed by atoms with Crippen LogP contribution in [0.4, 0.5) is 0 Å². The predicted octanol–water partition coefficient (Wildman–Crippen LogP) is 2.86. The van der Waals surface area contributed by atoms with Gasteiger partial charge in [-0.3, -0.25) is 0 Å². The highest BCUT2D eigenvalue weighted by molar-refractivity contribution is 7.91. The van der Waals surface area contributed by atoms with Crippen molar-refractivity contribution in [2.24, 2.45) is 11.1 Å². The number of hydrogen-bond acceptors (Lipinski definition) is 3. The van der Waals surface area contributed by atoms with Crippen LogP contribution in [-0.2, 0) is 9.84 Å². The molecule has 1 unspecified atom stereocenters. The van der Waals surface area contributed by atoms with Gasteiger partial charge in [0.25, 0.3) is 0 Å². The topological polar surface area (TPSA) is 60.2 Å². The highest BCUT2D eigenvalue weighted by Crippen LogP contribution is 2.51. The molecule has 1 aromatic carbocycles. The molecular weight excluding hydrogens is 270 g/mol. The molecular formula is C16H23NO2S. The minimum Gasteiger partial charge on any atom is -0.330 e. The summed E-state index contributed by atoms with van der Waals surface area (Å²) in [7, 11) is -3.12. The van der Waals surface area contributed by atoms with E-state index in [9.17, 15) is 8.42 Å². The van der Waals surface area contributed by atoms with Gasteiger partial charge in [0.05, 0.1) is 10.6 Å². The molecule has 1 aliphatic heterocycles. The summed E-state index contributed by atoms with van der Waals surface area (Å²) in [6, 6.07) is 7.52. The van der Waals surface area contributed by atoms with Crippen molar-refractivity contribution in [2.45, 2.75) is 49.3 Å². The van der Waals surface area contributed by atoms with E-state index in [0.29, 0.717) is 11.4 Å². The molecule has 1 heterocycles. The first-order chi connectivity index (χ1) is 9.59. The van der Waals surface area contributed by atoms with Crippen LogP contribution in [0.1, 0.15) is 50.0 Å². The molecule has 1 atom stereocenters. The van der Waals surface area contributed by atoms with Gasteiger partial charge >= 0.3 is 0 Å². The zero-order valence-corrected chi connectivity index (χ0v) is 12.7. The van der Waals surface area contributed by atoms with Gasteiger partial charge in [-0.25, -0.2) is 8.42 Å². The molecule has 1 aliphatic carbocycles. The Bertz CT molecular complexity index is 586. The second-order valence-corrected chi connectivity index (χ2v) is 8.36. The molecule has 110 valence electrons. The molecule has 0 radical (unpaired) electrons. The monoisotopic (exact) mass is 293 g/mol. The lowest BCUT2D eigenvalue weighted by Crippen LogP contribution is -2.37. The summed E-state index contributed by atoms with van der Waals surface area (Å²) in [4.78, 5) is 0.544. The van der Waals surface area contributed by atoms with E-state index in [2.05, 4.69) is 0 Å². The Balaban J connectivity index is 2.06. The molecule has 3 nitrogen and oxygen atoms in total. The molecule has 0 bridgehead atoms. The SMILES string of the molecule is NCC1(C2CS(=O)(=O)c3ccccc32)CCCCCC1. The number of benzene rings is 1. The van der Waals surface area contributed by atoms with Crippen LogP contribution in [-0.4, -0.2) is 20.7 Å². The van der Waals surface area contributed by atoms with Crippen molar-refractivity contribution >= 4 is 9.84 Å². The summed E-state index contributed by atoms with van der Waals surface area (Å²) in [6.45, 7) is 0.599. The smallest absolute Gasteiger partial charge is 0.179 e. The highest BCUT2D eigenvalue weighted by atomic mass is 32.2. The van der Waals surface area contributed by atoms with Gasteiger partial charge in [-0.1, -0.05) is 43.9 Å². The predicted molar refractivity (Wildman–Crippen MR) is 80.4 cm³/mol. The first-order valence-electron chi connectivity index (χ1n) is 7.61. The van der Waals surface area contributed by atoms with Gasteiger partial charge in [0.15, 0.2) is 9.84 Å². The fraction of sp³-hybridized carbons (Fsp3) is 0.625. The van der Waals surface area contributed by atoms with Crippen molar-refractivity contribution in [3.05, 3.63) is 29.8 Å². The van der Waals surface area contributed by atoms with Gasteiger partial charge < -0.3 is 5.73 Å². The third-order valence-corrected chi connectivity index (χ3v) is 7.07. The van der Waals surface area contributed by atoms with Crippen molar-refractivity contribution in [3.63, 3.8) is 0 Å². The quantitative estimate of drug-likeness (QED) is 0.853. The minimum atomic E-state index is -3.12. The van der Waals surface area contributed by atoms with Gasteiger partial charge in [0.1, 0.15) is 0 Å². The molecule has 20 heavy (non-hydrogen) atoms. The molecule has 4 heteroatoms. The van der Waals surface area contributed by atoms with Crippen LogP contribution in [0.5, 0.6) is 0 Å². The minimum absolute atomic E-state index is 0.0177. The molecule has 2 aliphatic rings. The Morgan fingerprint density at radius 2 is 1.75 bits per heavy atom. The highest BCUT2D eigenvalue weighted by Gasteiger charge is 2.46. The van der Waals surface area contributed by atoms with Crippen LogP contribution in [0, 0.1) is 5.41 Å². The zero-order valence-electron chi connectivity index (χ0n) is 11.8. The molecule has 0 saturated heterocycles. The molecule has 2 N–H and O–H groups in total. The zero-order chi connectivity index (χ0) is 14.2. The second kappa shape index (κ2) is 5.15. The maximum atomic E-state index is 12.4. The van der Waals surface area contributed by atoms with Gasteiger partial charge in [-0.15, -0.1) is 0 Å². The van der Waals surface area contributed by atoms with Gasteiger partial charge in [-0.2, -0.15) is 0 Å². The van der Waals surface area contributed by atoms with Crippen LogP contribution in [0.15, 0.2) is 29.2 Å². The van der Waals surface area contributed by atoms with Crippen molar-refractivity contribution in [3.8, 4) is 0 Å². The van der Waals surface area contributed by atoms with Gasteiger partial charge in [0.2, 0.25) is 0 Å². The van der Waals surface area contributed by atoms with Crippen molar-refractivity contribution in [1.82, 2.24) is 0 Å². The number of fused-ring (bicyclic) bond motifs is 1. The molecule has 1 fully saturated rings. The van der Waals surface area contributed by atoms with Gasteiger partial charge in [-0.05, 0) is 36.4 Å². The Kier molecular flexibility index (Phi) is 3.63. The molecule has 0 aromatic heterocycles. The van der Waals surface area contributed by atoms with Gasteiger partial charge in [0, 0.05) is 5.92 Å². The number of sulfone groups is 1. The summed E-state index contributed by atoms with van der Waals surface area (Å²) < 4.78 is 24.8. The third-order valence-electron chi connectivity index (χ3n) is 5.26. The third kappa shape index (κ3) is 2.19. The van der Waals surface area contributed by atoms with Crippen molar-refractivity contribution < 1.29 is 8.42 Å². The van der Waals surface area contributed by atoms with Crippen LogP contribution in [0.3, 0.4) is 0 Å². The number of rotatable bonds is 2. The maximum absolute atomic E-state index is 12.4. The normalized spacial score (nSPS) is 27.8. The lowest BCUT2D eigenvalue weighted by atomic mass is 9.68. The molecule has 3 rings (SSSR count). The average molecular weight is 293 g/mol. The van der Waals surface area contributed by atoms with Crippen LogP contribution < -0.4 is 5.73 Å². The summed E-state index contributed by atoms with van der Waals surface area (Å²) in [6.07, 6.45) is 6.99. The standard InChI is InChI=1S/C16H23NO2S/c17-12-16(9-5-1-2-6-10-16)14-11-20(18,19)15-8-4-3-7-13(14)15/h3-4,7-8,14H,1-2,5-6,9-12,17H2. The summed E-state index contributed by atoms with van der Waals surface area (Å²) >= 11 is 0. The summed E-state index contributed by atoms with van der Waals surface area (Å²) in [5.41, 5.74) is 7.13.